The molecule has 18 heavy (non-hydrogen) atoms. The van der Waals surface area contributed by atoms with E-state index in [9.17, 15) is 18.4 Å². The lowest BCUT2D eigenvalue weighted by Gasteiger charge is -2.11. The van der Waals surface area contributed by atoms with E-state index in [0.29, 0.717) is 11.8 Å². The third kappa shape index (κ3) is 3.65. The highest BCUT2D eigenvalue weighted by Crippen LogP contribution is 2.27. The van der Waals surface area contributed by atoms with E-state index in [1.165, 1.54) is 6.07 Å². The molecule has 0 radical (unpaired) electrons. The summed E-state index contributed by atoms with van der Waals surface area (Å²) in [5.74, 6) is -1.44. The topological polar surface area (TPSA) is 63.6 Å². The first-order valence-corrected chi connectivity index (χ1v) is 4.89. The maximum atomic E-state index is 12.2. The standard InChI is InChI=1S/C12H10F2O4/c1-7-4-8(6-15)5-10(18-12(13)14)9(7)2-3-11(16)17/h2-6,12H,1H3,(H,16,17)/b3-2+. The maximum absolute atomic E-state index is 12.2. The van der Waals surface area contributed by atoms with Crippen LogP contribution in [-0.4, -0.2) is 24.0 Å². The number of aliphatic carboxylic acids is 1. The molecule has 96 valence electrons. The zero-order chi connectivity index (χ0) is 13.7. The quantitative estimate of drug-likeness (QED) is 0.649. The Bertz CT molecular complexity index is 495. The zero-order valence-corrected chi connectivity index (χ0v) is 9.39. The average molecular weight is 256 g/mol. The highest BCUT2D eigenvalue weighted by Gasteiger charge is 2.12. The minimum absolute atomic E-state index is 0.177. The number of hydrogen-bond donors (Lipinski definition) is 1. The fourth-order valence-corrected chi connectivity index (χ4v) is 1.42. The number of halogens is 2. The van der Waals surface area contributed by atoms with Gasteiger partial charge in [0.25, 0.3) is 0 Å². The number of ether oxygens (including phenoxy) is 1. The molecule has 0 aliphatic heterocycles. The Kier molecular flexibility index (Phi) is 4.53. The Morgan fingerprint density at radius 2 is 2.11 bits per heavy atom. The van der Waals surface area contributed by atoms with Crippen LogP contribution in [0.3, 0.4) is 0 Å². The third-order valence-electron chi connectivity index (χ3n) is 2.12. The molecule has 1 N–H and O–H groups in total. The molecular weight excluding hydrogens is 246 g/mol. The Morgan fingerprint density at radius 3 is 2.61 bits per heavy atom. The molecule has 0 saturated carbocycles. The van der Waals surface area contributed by atoms with Gasteiger partial charge in [-0.25, -0.2) is 4.79 Å². The Balaban J connectivity index is 3.27. The molecule has 1 aromatic carbocycles. The first kappa shape index (κ1) is 13.8. The zero-order valence-electron chi connectivity index (χ0n) is 9.39. The molecule has 0 aliphatic rings. The van der Waals surface area contributed by atoms with E-state index >= 15 is 0 Å². The molecule has 0 heterocycles. The van der Waals surface area contributed by atoms with Gasteiger partial charge in [0.1, 0.15) is 12.0 Å². The van der Waals surface area contributed by atoms with Gasteiger partial charge in [-0.05, 0) is 30.7 Å². The van der Waals surface area contributed by atoms with Gasteiger partial charge < -0.3 is 9.84 Å². The molecule has 1 aromatic rings. The van der Waals surface area contributed by atoms with Crippen LogP contribution in [0.1, 0.15) is 21.5 Å². The van der Waals surface area contributed by atoms with Crippen molar-refractivity contribution < 1.29 is 28.2 Å². The van der Waals surface area contributed by atoms with Crippen LogP contribution in [0.2, 0.25) is 0 Å². The van der Waals surface area contributed by atoms with Crippen molar-refractivity contribution in [3.63, 3.8) is 0 Å². The molecule has 6 heteroatoms. The average Bonchev–Trinajstić information content (AvgIpc) is 2.26. The number of carboxylic acids is 1. The number of carbonyl (C=O) groups excluding carboxylic acids is 1. The fourth-order valence-electron chi connectivity index (χ4n) is 1.42. The fraction of sp³-hybridized carbons (Fsp3) is 0.167. The second-order valence-corrected chi connectivity index (χ2v) is 3.42. The summed E-state index contributed by atoms with van der Waals surface area (Å²) in [6, 6.07) is 2.58. The van der Waals surface area contributed by atoms with Gasteiger partial charge in [-0.1, -0.05) is 0 Å². The molecule has 0 bridgehead atoms. The number of carboxylic acid groups (broad SMARTS) is 1. The van der Waals surface area contributed by atoms with Gasteiger partial charge in [0.15, 0.2) is 0 Å². The van der Waals surface area contributed by atoms with Gasteiger partial charge in [0.05, 0.1) is 0 Å². The predicted molar refractivity (Wildman–Crippen MR) is 59.9 cm³/mol. The van der Waals surface area contributed by atoms with Gasteiger partial charge in [0, 0.05) is 17.2 Å². The number of rotatable bonds is 5. The second kappa shape index (κ2) is 5.90. The summed E-state index contributed by atoms with van der Waals surface area (Å²) >= 11 is 0. The lowest BCUT2D eigenvalue weighted by Crippen LogP contribution is -2.05. The Morgan fingerprint density at radius 1 is 1.44 bits per heavy atom. The van der Waals surface area contributed by atoms with Crippen molar-refractivity contribution in [2.45, 2.75) is 13.5 Å². The van der Waals surface area contributed by atoms with Crippen LogP contribution in [0.4, 0.5) is 8.78 Å². The summed E-state index contributed by atoms with van der Waals surface area (Å²) in [5.41, 5.74) is 0.840. The second-order valence-electron chi connectivity index (χ2n) is 3.42. The molecular formula is C12H10F2O4. The van der Waals surface area contributed by atoms with Crippen LogP contribution in [0.25, 0.3) is 6.08 Å². The van der Waals surface area contributed by atoms with Gasteiger partial charge in [-0.2, -0.15) is 8.78 Å². The van der Waals surface area contributed by atoms with Crippen molar-refractivity contribution in [2.75, 3.05) is 0 Å². The maximum Gasteiger partial charge on any atom is 0.387 e. The van der Waals surface area contributed by atoms with E-state index in [0.717, 1.165) is 18.2 Å². The van der Waals surface area contributed by atoms with E-state index in [2.05, 4.69) is 4.74 Å². The molecule has 0 spiro atoms. The minimum Gasteiger partial charge on any atom is -0.478 e. The number of carbonyl (C=O) groups is 2. The molecule has 0 unspecified atom stereocenters. The highest BCUT2D eigenvalue weighted by molar-refractivity contribution is 5.87. The lowest BCUT2D eigenvalue weighted by molar-refractivity contribution is -0.131. The van der Waals surface area contributed by atoms with E-state index in [-0.39, 0.29) is 16.9 Å². The van der Waals surface area contributed by atoms with Gasteiger partial charge >= 0.3 is 12.6 Å². The lowest BCUT2D eigenvalue weighted by atomic mass is 10.0. The van der Waals surface area contributed by atoms with Crippen LogP contribution in [0.15, 0.2) is 18.2 Å². The van der Waals surface area contributed by atoms with Gasteiger partial charge in [-0.3, -0.25) is 4.79 Å². The largest absolute Gasteiger partial charge is 0.478 e. The number of alkyl halides is 2. The van der Waals surface area contributed by atoms with Gasteiger partial charge in [-0.15, -0.1) is 0 Å². The summed E-state index contributed by atoms with van der Waals surface area (Å²) in [6.07, 6.45) is 2.45. The normalized spacial score (nSPS) is 10.9. The monoisotopic (exact) mass is 256 g/mol. The molecule has 0 saturated heterocycles. The van der Waals surface area contributed by atoms with Crippen LogP contribution in [0, 0.1) is 6.92 Å². The van der Waals surface area contributed by atoms with E-state index in [1.807, 2.05) is 0 Å². The Hall–Kier alpha value is -2.24. The van der Waals surface area contributed by atoms with Crippen LogP contribution in [-0.2, 0) is 4.79 Å². The minimum atomic E-state index is -3.05. The third-order valence-corrected chi connectivity index (χ3v) is 2.12. The SMILES string of the molecule is Cc1cc(C=O)cc(OC(F)F)c1/C=C/C(=O)O. The molecule has 1 rings (SSSR count). The summed E-state index contributed by atoms with van der Waals surface area (Å²) in [4.78, 5) is 21.0. The summed E-state index contributed by atoms with van der Waals surface area (Å²) in [7, 11) is 0. The Labute approximate surface area is 101 Å². The molecule has 0 atom stereocenters. The van der Waals surface area contributed by atoms with E-state index in [4.69, 9.17) is 5.11 Å². The van der Waals surface area contributed by atoms with Crippen LogP contribution < -0.4 is 4.74 Å². The molecule has 0 aromatic heterocycles. The molecule has 4 nitrogen and oxygen atoms in total. The van der Waals surface area contributed by atoms with Gasteiger partial charge in [0.2, 0.25) is 0 Å². The summed E-state index contributed by atoms with van der Waals surface area (Å²) in [5, 5.41) is 8.51. The smallest absolute Gasteiger partial charge is 0.387 e. The molecule has 0 fully saturated rings. The first-order valence-electron chi connectivity index (χ1n) is 4.89. The predicted octanol–water partition coefficient (Wildman–Crippen LogP) is 2.51. The molecule has 0 amide bonds. The first-order chi connectivity index (χ1) is 8.43. The van der Waals surface area contributed by atoms with E-state index < -0.39 is 12.6 Å². The number of aryl methyl sites for hydroxylation is 1. The van der Waals surface area contributed by atoms with Crippen molar-refractivity contribution in [2.24, 2.45) is 0 Å². The van der Waals surface area contributed by atoms with E-state index in [1.54, 1.807) is 6.92 Å². The number of aldehydes is 1. The molecule has 0 aliphatic carbocycles. The van der Waals surface area contributed by atoms with Crippen molar-refractivity contribution in [3.05, 3.63) is 34.9 Å². The van der Waals surface area contributed by atoms with Crippen molar-refractivity contribution in [3.8, 4) is 5.75 Å². The van der Waals surface area contributed by atoms with Crippen LogP contribution >= 0.6 is 0 Å². The summed E-state index contributed by atoms with van der Waals surface area (Å²) in [6.45, 7) is -1.49. The van der Waals surface area contributed by atoms with Crippen molar-refractivity contribution in [1.82, 2.24) is 0 Å². The van der Waals surface area contributed by atoms with Crippen LogP contribution in [0.5, 0.6) is 5.75 Å². The van der Waals surface area contributed by atoms with Crippen molar-refractivity contribution >= 4 is 18.3 Å². The van der Waals surface area contributed by atoms with Crippen molar-refractivity contribution in [1.29, 1.82) is 0 Å². The summed E-state index contributed by atoms with van der Waals surface area (Å²) < 4.78 is 28.7. The number of hydrogen-bond acceptors (Lipinski definition) is 3. The number of benzene rings is 1. The highest BCUT2D eigenvalue weighted by atomic mass is 19.3.